The van der Waals surface area contributed by atoms with Crippen molar-refractivity contribution >= 4 is 11.8 Å². The van der Waals surface area contributed by atoms with Crippen LogP contribution in [0.15, 0.2) is 9.79 Å². The van der Waals surface area contributed by atoms with Crippen molar-refractivity contribution in [2.45, 2.75) is 62.2 Å². The largest absolute Gasteiger partial charge is 0.203 e. The highest BCUT2D eigenvalue weighted by Gasteiger charge is 2.36. The van der Waals surface area contributed by atoms with Gasteiger partial charge in [-0.3, -0.25) is 0 Å². The van der Waals surface area contributed by atoms with Crippen LogP contribution in [0.1, 0.15) is 52.7 Å². The molecule has 0 atom stereocenters. The second-order valence-electron chi connectivity index (χ2n) is 8.52. The Morgan fingerprint density at radius 2 is 0.621 bits per heavy atom. The van der Waals surface area contributed by atoms with Crippen LogP contribution in [0.5, 0.6) is 0 Å². The Bertz CT molecular complexity index is 846. The Hall–Kier alpha value is -1.77. The molecule has 0 spiro atoms. The number of hydrogen-bond donors (Lipinski definition) is 0. The summed E-state index contributed by atoms with van der Waals surface area (Å²) in [5.74, 6) is -14.7. The highest BCUT2D eigenvalue weighted by molar-refractivity contribution is 7.99. The zero-order chi connectivity index (χ0) is 22.6. The molecule has 0 saturated heterocycles. The number of benzene rings is 2. The van der Waals surface area contributed by atoms with Crippen molar-refractivity contribution in [2.24, 2.45) is 0 Å². The van der Waals surface area contributed by atoms with Crippen LogP contribution >= 0.6 is 11.8 Å². The molecular weight excluding hydrogens is 424 g/mol. The maximum atomic E-state index is 14.4. The maximum absolute atomic E-state index is 14.4. The van der Waals surface area contributed by atoms with Gasteiger partial charge >= 0.3 is 0 Å². The minimum atomic E-state index is -1.92. The molecule has 0 aliphatic rings. The van der Waals surface area contributed by atoms with Crippen molar-refractivity contribution in [1.82, 2.24) is 0 Å². The van der Waals surface area contributed by atoms with Gasteiger partial charge in [-0.15, -0.1) is 0 Å². The Morgan fingerprint density at radius 3 is 0.793 bits per heavy atom. The zero-order valence-electron chi connectivity index (χ0n) is 16.4. The Kier molecular flexibility index (Phi) is 6.07. The predicted molar refractivity (Wildman–Crippen MR) is 94.1 cm³/mol. The molecule has 2 rings (SSSR count). The van der Waals surface area contributed by atoms with Gasteiger partial charge in [-0.1, -0.05) is 53.3 Å². The van der Waals surface area contributed by atoms with Gasteiger partial charge in [0.2, 0.25) is 0 Å². The molecule has 0 fully saturated rings. The van der Waals surface area contributed by atoms with E-state index in [2.05, 4.69) is 0 Å². The second-order valence-corrected chi connectivity index (χ2v) is 9.54. The van der Waals surface area contributed by atoms with E-state index in [1.165, 1.54) is 41.5 Å². The fraction of sp³-hybridized carbons (Fsp3) is 0.400. The van der Waals surface area contributed by atoms with E-state index >= 15 is 0 Å². The number of hydrogen-bond acceptors (Lipinski definition) is 1. The van der Waals surface area contributed by atoms with Crippen LogP contribution in [-0.2, 0) is 10.8 Å². The summed E-state index contributed by atoms with van der Waals surface area (Å²) < 4.78 is 115. The highest BCUT2D eigenvalue weighted by atomic mass is 32.2. The van der Waals surface area contributed by atoms with Crippen molar-refractivity contribution in [2.75, 3.05) is 0 Å². The lowest BCUT2D eigenvalue weighted by atomic mass is 9.86. The smallest absolute Gasteiger partial charge is 0.176 e. The van der Waals surface area contributed by atoms with E-state index in [1.54, 1.807) is 0 Å². The molecule has 0 aromatic heterocycles. The van der Waals surface area contributed by atoms with Crippen LogP contribution in [0, 0.1) is 46.5 Å². The van der Waals surface area contributed by atoms with Crippen molar-refractivity contribution in [3.8, 4) is 0 Å². The molecule has 0 N–H and O–H groups in total. The van der Waals surface area contributed by atoms with Crippen LogP contribution < -0.4 is 0 Å². The van der Waals surface area contributed by atoms with Crippen LogP contribution in [0.25, 0.3) is 0 Å². The van der Waals surface area contributed by atoms with Gasteiger partial charge in [0.25, 0.3) is 0 Å². The Balaban J connectivity index is 2.77. The van der Waals surface area contributed by atoms with Gasteiger partial charge in [0.05, 0.1) is 9.79 Å². The molecular formula is C20H18F8S. The molecule has 0 bridgehead atoms. The first kappa shape index (κ1) is 23.5. The van der Waals surface area contributed by atoms with Crippen molar-refractivity contribution in [3.05, 3.63) is 57.7 Å². The van der Waals surface area contributed by atoms with E-state index in [0.717, 1.165) is 0 Å². The molecule has 0 aliphatic carbocycles. The lowest BCUT2D eigenvalue weighted by Gasteiger charge is -2.23. The lowest BCUT2D eigenvalue weighted by Crippen LogP contribution is -2.20. The Labute approximate surface area is 167 Å². The van der Waals surface area contributed by atoms with Crippen LogP contribution in [0.2, 0.25) is 0 Å². The van der Waals surface area contributed by atoms with Crippen LogP contribution in [0.4, 0.5) is 35.1 Å². The van der Waals surface area contributed by atoms with E-state index in [9.17, 15) is 35.1 Å². The van der Waals surface area contributed by atoms with Gasteiger partial charge in [0.1, 0.15) is 0 Å². The average Bonchev–Trinajstić information content (AvgIpc) is 2.55. The predicted octanol–water partition coefficient (Wildman–Crippen LogP) is 7.55. The van der Waals surface area contributed by atoms with Crippen molar-refractivity contribution in [3.63, 3.8) is 0 Å². The molecule has 0 nitrogen and oxygen atoms in total. The molecule has 2 aromatic carbocycles. The molecule has 9 heteroatoms. The third-order valence-electron chi connectivity index (χ3n) is 4.15. The molecule has 0 saturated carbocycles. The molecule has 0 radical (unpaired) electrons. The molecule has 0 unspecified atom stereocenters. The summed E-state index contributed by atoms with van der Waals surface area (Å²) in [7, 11) is 0. The van der Waals surface area contributed by atoms with Crippen molar-refractivity contribution in [1.29, 1.82) is 0 Å². The molecule has 0 heterocycles. The second kappa shape index (κ2) is 7.49. The normalized spacial score (nSPS) is 12.6. The van der Waals surface area contributed by atoms with Gasteiger partial charge in [-0.05, 0) is 10.8 Å². The Morgan fingerprint density at radius 1 is 0.414 bits per heavy atom. The first-order valence-corrected chi connectivity index (χ1v) is 9.24. The van der Waals surface area contributed by atoms with Crippen LogP contribution in [-0.4, -0.2) is 0 Å². The first-order chi connectivity index (χ1) is 13.0. The first-order valence-electron chi connectivity index (χ1n) is 8.42. The number of halogens is 8. The van der Waals surface area contributed by atoms with Gasteiger partial charge < -0.3 is 0 Å². The third-order valence-corrected chi connectivity index (χ3v) is 5.28. The molecule has 160 valence electrons. The molecule has 29 heavy (non-hydrogen) atoms. The van der Waals surface area contributed by atoms with E-state index < -0.39 is 90.0 Å². The minimum absolute atomic E-state index is 0.471. The van der Waals surface area contributed by atoms with E-state index in [1.807, 2.05) is 0 Å². The summed E-state index contributed by atoms with van der Waals surface area (Å²) in [5.41, 5.74) is -4.47. The summed E-state index contributed by atoms with van der Waals surface area (Å²) in [6.07, 6.45) is 0. The van der Waals surface area contributed by atoms with Gasteiger partial charge in [0.15, 0.2) is 46.5 Å². The van der Waals surface area contributed by atoms with Gasteiger partial charge in [-0.25, -0.2) is 35.1 Å². The summed E-state index contributed by atoms with van der Waals surface area (Å²) in [5, 5.41) is 0. The van der Waals surface area contributed by atoms with Gasteiger partial charge in [0, 0.05) is 11.1 Å². The van der Waals surface area contributed by atoms with Crippen molar-refractivity contribution < 1.29 is 35.1 Å². The summed E-state index contributed by atoms with van der Waals surface area (Å²) in [4.78, 5) is -2.90. The standard InChI is InChI=1S/C20H18F8S/c1-19(2,3)7-9(21)13(25)17(14(26)10(7)22)29-18-15(27)11(23)8(20(4,5)6)12(24)16(18)28/h1-6H3. The van der Waals surface area contributed by atoms with E-state index in [4.69, 9.17) is 0 Å². The quantitative estimate of drug-likeness (QED) is 0.342. The summed E-state index contributed by atoms with van der Waals surface area (Å²) in [6.45, 7) is 7.81. The fourth-order valence-corrected chi connectivity index (χ4v) is 3.74. The SMILES string of the molecule is CC(C)(C)c1c(F)c(F)c(Sc2c(F)c(F)c(C(C)(C)C)c(F)c2F)c(F)c1F. The molecule has 0 aliphatic heterocycles. The molecule has 0 amide bonds. The average molecular weight is 442 g/mol. The lowest BCUT2D eigenvalue weighted by molar-refractivity contribution is 0.380. The number of rotatable bonds is 2. The third kappa shape index (κ3) is 3.98. The monoisotopic (exact) mass is 442 g/mol. The summed E-state index contributed by atoms with van der Waals surface area (Å²) in [6, 6.07) is 0. The molecule has 2 aromatic rings. The summed E-state index contributed by atoms with van der Waals surface area (Å²) >= 11 is -0.471. The fourth-order valence-electron chi connectivity index (χ4n) is 2.82. The topological polar surface area (TPSA) is 0 Å². The highest BCUT2D eigenvalue weighted by Crippen LogP contribution is 2.43. The van der Waals surface area contributed by atoms with Crippen LogP contribution in [0.3, 0.4) is 0 Å². The minimum Gasteiger partial charge on any atom is -0.203 e. The van der Waals surface area contributed by atoms with E-state index in [0.29, 0.717) is 0 Å². The maximum Gasteiger partial charge on any atom is 0.176 e. The van der Waals surface area contributed by atoms with E-state index in [-0.39, 0.29) is 0 Å². The zero-order valence-corrected chi connectivity index (χ0v) is 17.2. The van der Waals surface area contributed by atoms with Gasteiger partial charge in [-0.2, -0.15) is 0 Å².